The first-order valence-corrected chi connectivity index (χ1v) is 8.73. The Morgan fingerprint density at radius 3 is 2.65 bits per heavy atom. The van der Waals surface area contributed by atoms with Crippen LogP contribution in [0.15, 0.2) is 60.8 Å². The molecule has 130 valence electrons. The van der Waals surface area contributed by atoms with Gasteiger partial charge in [-0.05, 0) is 36.6 Å². The maximum Gasteiger partial charge on any atom is 0.253 e. The van der Waals surface area contributed by atoms with Crippen LogP contribution in [0, 0.1) is 0 Å². The average molecular weight is 345 g/mol. The number of para-hydroxylation sites is 2. The van der Waals surface area contributed by atoms with E-state index >= 15 is 0 Å². The van der Waals surface area contributed by atoms with Crippen molar-refractivity contribution in [3.05, 3.63) is 71.9 Å². The van der Waals surface area contributed by atoms with Gasteiger partial charge >= 0.3 is 0 Å². The van der Waals surface area contributed by atoms with Gasteiger partial charge in [0.2, 0.25) is 5.91 Å². The van der Waals surface area contributed by atoms with Crippen molar-refractivity contribution in [2.45, 2.75) is 25.3 Å². The normalized spacial score (nSPS) is 13.4. The van der Waals surface area contributed by atoms with Crippen LogP contribution in [0.3, 0.4) is 0 Å². The minimum atomic E-state index is -0.171. The van der Waals surface area contributed by atoms with Crippen LogP contribution in [0.25, 0.3) is 10.9 Å². The summed E-state index contributed by atoms with van der Waals surface area (Å²) >= 11 is 0. The minimum Gasteiger partial charge on any atom is -0.349 e. The molecule has 1 aromatic heterocycles. The second-order valence-electron chi connectivity index (χ2n) is 6.51. The van der Waals surface area contributed by atoms with Crippen molar-refractivity contribution in [3.63, 3.8) is 0 Å². The third-order valence-electron chi connectivity index (χ3n) is 4.43. The first-order valence-electron chi connectivity index (χ1n) is 8.73. The van der Waals surface area contributed by atoms with Crippen molar-refractivity contribution in [3.8, 4) is 0 Å². The molecule has 1 aliphatic rings. The van der Waals surface area contributed by atoms with E-state index in [1.807, 2.05) is 36.4 Å². The van der Waals surface area contributed by atoms with Gasteiger partial charge in [0.25, 0.3) is 5.91 Å². The summed E-state index contributed by atoms with van der Waals surface area (Å²) in [6, 6.07) is 17.0. The van der Waals surface area contributed by atoms with Gasteiger partial charge in [0.1, 0.15) is 0 Å². The van der Waals surface area contributed by atoms with Crippen LogP contribution in [-0.2, 0) is 11.2 Å². The Hall–Kier alpha value is -3.21. The lowest BCUT2D eigenvalue weighted by atomic mass is 10.1. The van der Waals surface area contributed by atoms with Gasteiger partial charge in [-0.25, -0.2) is 0 Å². The third-order valence-corrected chi connectivity index (χ3v) is 4.43. The van der Waals surface area contributed by atoms with Gasteiger partial charge in [-0.15, -0.1) is 0 Å². The maximum absolute atomic E-state index is 12.6. The van der Waals surface area contributed by atoms with E-state index < -0.39 is 0 Å². The van der Waals surface area contributed by atoms with Crippen molar-refractivity contribution in [2.24, 2.45) is 0 Å². The molecule has 0 aliphatic heterocycles. The number of benzene rings is 2. The molecule has 2 amide bonds. The number of carbonyl (C=O) groups excluding carboxylic acids is 2. The summed E-state index contributed by atoms with van der Waals surface area (Å²) in [5, 5.41) is 6.83. The quantitative estimate of drug-likeness (QED) is 0.745. The van der Waals surface area contributed by atoms with Crippen molar-refractivity contribution in [2.75, 3.05) is 5.32 Å². The summed E-state index contributed by atoms with van der Waals surface area (Å²) in [6.45, 7) is 0. The Kier molecular flexibility index (Phi) is 4.35. The van der Waals surface area contributed by atoms with Gasteiger partial charge < -0.3 is 10.6 Å². The first kappa shape index (κ1) is 16.3. The van der Waals surface area contributed by atoms with Crippen molar-refractivity contribution in [1.82, 2.24) is 10.3 Å². The Morgan fingerprint density at radius 2 is 1.81 bits per heavy atom. The van der Waals surface area contributed by atoms with E-state index in [0.29, 0.717) is 11.3 Å². The molecule has 3 aromatic rings. The Bertz CT molecular complexity index is 974. The molecule has 0 unspecified atom stereocenters. The fraction of sp³-hybridized carbons (Fsp3) is 0.190. The minimum absolute atomic E-state index is 0.143. The molecule has 1 saturated carbocycles. The van der Waals surface area contributed by atoms with Crippen molar-refractivity contribution >= 4 is 28.4 Å². The molecule has 1 heterocycles. The average Bonchev–Trinajstić information content (AvgIpc) is 3.46. The number of pyridine rings is 1. The summed E-state index contributed by atoms with van der Waals surface area (Å²) in [7, 11) is 0. The standard InChI is InChI=1S/C21H19N3O2/c25-19(13-15-6-3-5-14-7-4-12-22-20(14)15)24-18-9-2-1-8-17(18)21(26)23-16-10-11-16/h1-9,12,16H,10-11,13H2,(H,23,26)(H,24,25). The number of hydrogen-bond donors (Lipinski definition) is 2. The fourth-order valence-electron chi connectivity index (χ4n) is 2.96. The number of nitrogens with one attached hydrogen (secondary N) is 2. The Balaban J connectivity index is 1.52. The highest BCUT2D eigenvalue weighted by atomic mass is 16.2. The molecular weight excluding hydrogens is 326 g/mol. The smallest absolute Gasteiger partial charge is 0.253 e. The molecule has 5 nitrogen and oxygen atoms in total. The number of fused-ring (bicyclic) bond motifs is 1. The summed E-state index contributed by atoms with van der Waals surface area (Å²) < 4.78 is 0. The molecular formula is C21H19N3O2. The molecule has 1 aliphatic carbocycles. The second-order valence-corrected chi connectivity index (χ2v) is 6.51. The van der Waals surface area contributed by atoms with Crippen LogP contribution in [-0.4, -0.2) is 22.8 Å². The number of nitrogens with zero attached hydrogens (tertiary/aromatic N) is 1. The highest BCUT2D eigenvalue weighted by Crippen LogP contribution is 2.22. The van der Waals surface area contributed by atoms with Gasteiger partial charge in [0.15, 0.2) is 0 Å². The molecule has 4 rings (SSSR count). The molecule has 0 radical (unpaired) electrons. The molecule has 1 fully saturated rings. The molecule has 5 heteroatoms. The summed E-state index contributed by atoms with van der Waals surface area (Å²) in [5.74, 6) is -0.315. The van der Waals surface area contributed by atoms with Crippen LogP contribution in [0.2, 0.25) is 0 Å². The predicted octanol–water partition coefficient (Wildman–Crippen LogP) is 3.31. The zero-order valence-electron chi connectivity index (χ0n) is 14.2. The SMILES string of the molecule is O=C(Cc1cccc2cccnc12)Nc1ccccc1C(=O)NC1CC1. The van der Waals surface area contributed by atoms with Gasteiger partial charge in [0.05, 0.1) is 23.2 Å². The zero-order valence-corrected chi connectivity index (χ0v) is 14.2. The summed E-state index contributed by atoms with van der Waals surface area (Å²) in [5.41, 5.74) is 2.71. The number of aromatic nitrogens is 1. The number of amides is 2. The Labute approximate surface area is 151 Å². The van der Waals surface area contributed by atoms with Crippen molar-refractivity contribution < 1.29 is 9.59 Å². The van der Waals surface area contributed by atoms with Crippen LogP contribution in [0.5, 0.6) is 0 Å². The van der Waals surface area contributed by atoms with Crippen LogP contribution < -0.4 is 10.6 Å². The highest BCUT2D eigenvalue weighted by molar-refractivity contribution is 6.04. The Morgan fingerprint density at radius 1 is 1.00 bits per heavy atom. The molecule has 2 N–H and O–H groups in total. The number of anilines is 1. The molecule has 0 bridgehead atoms. The summed E-state index contributed by atoms with van der Waals surface area (Å²) in [4.78, 5) is 29.3. The maximum atomic E-state index is 12.6. The van der Waals surface area contributed by atoms with E-state index in [1.165, 1.54) is 0 Å². The summed E-state index contributed by atoms with van der Waals surface area (Å²) in [6.07, 6.45) is 3.97. The lowest BCUT2D eigenvalue weighted by Crippen LogP contribution is -2.27. The van der Waals surface area contributed by atoms with E-state index in [9.17, 15) is 9.59 Å². The molecule has 0 saturated heterocycles. The van der Waals surface area contributed by atoms with E-state index in [4.69, 9.17) is 0 Å². The second kappa shape index (κ2) is 6.96. The lowest BCUT2D eigenvalue weighted by molar-refractivity contribution is -0.115. The van der Waals surface area contributed by atoms with Gasteiger partial charge in [-0.1, -0.05) is 36.4 Å². The predicted molar refractivity (Wildman–Crippen MR) is 101 cm³/mol. The first-order chi connectivity index (χ1) is 12.7. The zero-order chi connectivity index (χ0) is 17.9. The van der Waals surface area contributed by atoms with Gasteiger partial charge in [-0.3, -0.25) is 14.6 Å². The molecule has 0 atom stereocenters. The van der Waals surface area contributed by atoms with Crippen LogP contribution in [0.4, 0.5) is 5.69 Å². The van der Waals surface area contributed by atoms with Crippen LogP contribution >= 0.6 is 0 Å². The molecule has 26 heavy (non-hydrogen) atoms. The van der Waals surface area contributed by atoms with Crippen molar-refractivity contribution in [1.29, 1.82) is 0 Å². The number of carbonyl (C=O) groups is 2. The van der Waals surface area contributed by atoms with Crippen LogP contribution in [0.1, 0.15) is 28.8 Å². The van der Waals surface area contributed by atoms with Gasteiger partial charge in [0, 0.05) is 17.6 Å². The molecule has 2 aromatic carbocycles. The molecule has 0 spiro atoms. The topological polar surface area (TPSA) is 71.1 Å². The highest BCUT2D eigenvalue weighted by Gasteiger charge is 2.25. The largest absolute Gasteiger partial charge is 0.349 e. The van der Waals surface area contributed by atoms with E-state index in [-0.39, 0.29) is 24.3 Å². The van der Waals surface area contributed by atoms with Gasteiger partial charge in [-0.2, -0.15) is 0 Å². The lowest BCUT2D eigenvalue weighted by Gasteiger charge is -2.11. The third kappa shape index (κ3) is 3.57. The van der Waals surface area contributed by atoms with E-state index in [2.05, 4.69) is 15.6 Å². The number of hydrogen-bond acceptors (Lipinski definition) is 3. The fourth-order valence-corrected chi connectivity index (χ4v) is 2.96. The monoisotopic (exact) mass is 345 g/mol. The van der Waals surface area contributed by atoms with E-state index in [0.717, 1.165) is 29.3 Å². The number of rotatable bonds is 5. The van der Waals surface area contributed by atoms with E-state index in [1.54, 1.807) is 24.4 Å².